The molecule has 9 heteroatoms. The molecule has 0 saturated carbocycles. The van der Waals surface area contributed by atoms with Crippen molar-refractivity contribution in [2.24, 2.45) is 0 Å². The van der Waals surface area contributed by atoms with Crippen LogP contribution in [-0.2, 0) is 9.84 Å². The van der Waals surface area contributed by atoms with Gasteiger partial charge in [-0.25, -0.2) is 8.42 Å². The predicted molar refractivity (Wildman–Crippen MR) is 116 cm³/mol. The third kappa shape index (κ3) is 5.15. The van der Waals surface area contributed by atoms with Gasteiger partial charge in [-0.05, 0) is 37.1 Å². The summed E-state index contributed by atoms with van der Waals surface area (Å²) in [4.78, 5) is 25.9. The highest BCUT2D eigenvalue weighted by molar-refractivity contribution is 7.91. The van der Waals surface area contributed by atoms with Gasteiger partial charge in [0.05, 0.1) is 16.4 Å². The molecule has 0 radical (unpaired) electrons. The number of nitro groups is 1. The molecule has 160 valence electrons. The van der Waals surface area contributed by atoms with Gasteiger partial charge in [-0.1, -0.05) is 31.5 Å². The lowest BCUT2D eigenvalue weighted by molar-refractivity contribution is -0.383. The lowest BCUT2D eigenvalue weighted by Gasteiger charge is -2.28. The molecule has 0 aromatic heterocycles. The van der Waals surface area contributed by atoms with Crippen LogP contribution in [0.2, 0.25) is 0 Å². The minimum atomic E-state index is -3.16. The monoisotopic (exact) mass is 431 g/mol. The molecule has 1 heterocycles. The average Bonchev–Trinajstić information content (AvgIpc) is 3.08. The fraction of sp³-hybridized carbons (Fsp3) is 0.381. The Balaban J connectivity index is 1.89. The highest BCUT2D eigenvalue weighted by atomic mass is 32.2. The maximum atomic E-state index is 13.2. The molecule has 0 spiro atoms. The first-order valence-corrected chi connectivity index (χ1v) is 11.7. The number of rotatable bonds is 8. The number of amides is 1. The van der Waals surface area contributed by atoms with Crippen LogP contribution in [0.5, 0.6) is 0 Å². The van der Waals surface area contributed by atoms with Gasteiger partial charge >= 0.3 is 0 Å². The molecule has 1 aliphatic heterocycles. The first kappa shape index (κ1) is 21.8. The van der Waals surface area contributed by atoms with E-state index in [9.17, 15) is 23.3 Å². The van der Waals surface area contributed by atoms with Crippen LogP contribution in [0.25, 0.3) is 0 Å². The predicted octanol–water partition coefficient (Wildman–Crippen LogP) is 3.77. The van der Waals surface area contributed by atoms with Crippen molar-refractivity contribution in [1.82, 2.24) is 4.90 Å². The van der Waals surface area contributed by atoms with Gasteiger partial charge in [0.1, 0.15) is 5.69 Å². The smallest absolute Gasteiger partial charge is 0.293 e. The summed E-state index contributed by atoms with van der Waals surface area (Å²) in [5.41, 5.74) is 0.951. The maximum Gasteiger partial charge on any atom is 0.293 e. The van der Waals surface area contributed by atoms with E-state index in [2.05, 4.69) is 5.32 Å². The van der Waals surface area contributed by atoms with Gasteiger partial charge in [0.25, 0.3) is 11.6 Å². The summed E-state index contributed by atoms with van der Waals surface area (Å²) < 4.78 is 23.8. The zero-order chi connectivity index (χ0) is 21.7. The van der Waals surface area contributed by atoms with Crippen LogP contribution >= 0.6 is 0 Å². The van der Waals surface area contributed by atoms with Crippen LogP contribution in [0.3, 0.4) is 0 Å². The van der Waals surface area contributed by atoms with Gasteiger partial charge in [-0.15, -0.1) is 0 Å². The van der Waals surface area contributed by atoms with Crippen LogP contribution in [0.1, 0.15) is 36.5 Å². The standard InChI is InChI=1S/C21H25N3O5S/c1-2-3-12-23(18-11-13-30(28,29)15-18)21(25)16-9-10-19(20(14-16)24(26)27)22-17-7-5-4-6-8-17/h4-10,14,18,22H,2-3,11-13,15H2,1H3. The summed E-state index contributed by atoms with van der Waals surface area (Å²) >= 11 is 0. The number of hydrogen-bond donors (Lipinski definition) is 1. The fourth-order valence-electron chi connectivity index (χ4n) is 3.56. The van der Waals surface area contributed by atoms with E-state index >= 15 is 0 Å². The number of hydrogen-bond acceptors (Lipinski definition) is 6. The van der Waals surface area contributed by atoms with E-state index in [1.165, 1.54) is 12.1 Å². The lowest BCUT2D eigenvalue weighted by Crippen LogP contribution is -2.41. The Kier molecular flexibility index (Phi) is 6.71. The molecule has 2 aromatic rings. The number of nitro benzene ring substituents is 1. The van der Waals surface area contributed by atoms with Crippen molar-refractivity contribution >= 4 is 32.8 Å². The normalized spacial score (nSPS) is 17.4. The first-order valence-electron chi connectivity index (χ1n) is 9.92. The molecular weight excluding hydrogens is 406 g/mol. The number of nitrogens with one attached hydrogen (secondary N) is 1. The zero-order valence-corrected chi connectivity index (χ0v) is 17.6. The molecule has 1 fully saturated rings. The Morgan fingerprint density at radius 3 is 2.57 bits per heavy atom. The lowest BCUT2D eigenvalue weighted by atomic mass is 10.1. The third-order valence-electron chi connectivity index (χ3n) is 5.16. The molecule has 0 bridgehead atoms. The summed E-state index contributed by atoms with van der Waals surface area (Å²) in [5.74, 6) is -0.369. The maximum absolute atomic E-state index is 13.2. The molecule has 2 aromatic carbocycles. The third-order valence-corrected chi connectivity index (χ3v) is 6.91. The number of benzene rings is 2. The number of unbranched alkanes of at least 4 members (excludes halogenated alkanes) is 1. The molecule has 1 aliphatic rings. The Hall–Kier alpha value is -2.94. The summed E-state index contributed by atoms with van der Waals surface area (Å²) in [6.07, 6.45) is 1.98. The van der Waals surface area contributed by atoms with E-state index in [0.29, 0.717) is 18.7 Å². The van der Waals surface area contributed by atoms with Crippen molar-refractivity contribution in [3.05, 3.63) is 64.2 Å². The number of para-hydroxylation sites is 1. The largest absolute Gasteiger partial charge is 0.350 e. The molecule has 0 aliphatic carbocycles. The topological polar surface area (TPSA) is 110 Å². The molecule has 1 unspecified atom stereocenters. The molecule has 30 heavy (non-hydrogen) atoms. The van der Waals surface area contributed by atoms with Crippen molar-refractivity contribution in [2.75, 3.05) is 23.4 Å². The van der Waals surface area contributed by atoms with Gasteiger partial charge < -0.3 is 10.2 Å². The van der Waals surface area contributed by atoms with Crippen molar-refractivity contribution in [3.63, 3.8) is 0 Å². The Labute approximate surface area is 176 Å². The SMILES string of the molecule is CCCCN(C(=O)c1ccc(Nc2ccccc2)c([N+](=O)[O-])c1)C1CCS(=O)(=O)C1. The Morgan fingerprint density at radius 1 is 1.23 bits per heavy atom. The van der Waals surface area contributed by atoms with Crippen molar-refractivity contribution in [1.29, 1.82) is 0 Å². The van der Waals surface area contributed by atoms with Crippen LogP contribution in [0.4, 0.5) is 17.1 Å². The second-order valence-electron chi connectivity index (χ2n) is 7.39. The summed E-state index contributed by atoms with van der Waals surface area (Å²) in [5, 5.41) is 14.6. The van der Waals surface area contributed by atoms with Gasteiger partial charge in [0.15, 0.2) is 9.84 Å². The van der Waals surface area contributed by atoms with E-state index in [4.69, 9.17) is 0 Å². The number of carbonyl (C=O) groups is 1. The molecule has 8 nitrogen and oxygen atoms in total. The van der Waals surface area contributed by atoms with E-state index in [0.717, 1.165) is 12.8 Å². The number of anilines is 2. The second-order valence-corrected chi connectivity index (χ2v) is 9.62. The Morgan fingerprint density at radius 2 is 1.97 bits per heavy atom. The number of carbonyl (C=O) groups excluding carboxylic acids is 1. The van der Waals surface area contributed by atoms with Crippen molar-refractivity contribution in [3.8, 4) is 0 Å². The summed E-state index contributed by atoms with van der Waals surface area (Å²) in [6, 6.07) is 13.0. The van der Waals surface area contributed by atoms with Crippen LogP contribution in [0, 0.1) is 10.1 Å². The zero-order valence-electron chi connectivity index (χ0n) is 16.8. The minimum Gasteiger partial charge on any atom is -0.350 e. The minimum absolute atomic E-state index is 0.0573. The molecular formula is C21H25N3O5S. The van der Waals surface area contributed by atoms with Crippen molar-refractivity contribution in [2.45, 2.75) is 32.2 Å². The van der Waals surface area contributed by atoms with E-state index in [1.54, 1.807) is 23.1 Å². The first-order chi connectivity index (χ1) is 14.3. The van der Waals surface area contributed by atoms with E-state index in [-0.39, 0.29) is 34.4 Å². The molecule has 1 amide bonds. The molecule has 1 atom stereocenters. The van der Waals surface area contributed by atoms with Gasteiger partial charge in [-0.3, -0.25) is 14.9 Å². The summed E-state index contributed by atoms with van der Waals surface area (Å²) in [6.45, 7) is 2.41. The second kappa shape index (κ2) is 9.25. The van der Waals surface area contributed by atoms with Gasteiger partial charge in [0, 0.05) is 29.9 Å². The fourth-order valence-corrected chi connectivity index (χ4v) is 5.29. The highest BCUT2D eigenvalue weighted by Crippen LogP contribution is 2.30. The number of nitrogens with zero attached hydrogens (tertiary/aromatic N) is 2. The van der Waals surface area contributed by atoms with E-state index < -0.39 is 20.8 Å². The van der Waals surface area contributed by atoms with E-state index in [1.807, 2.05) is 25.1 Å². The van der Waals surface area contributed by atoms with Gasteiger partial charge in [-0.2, -0.15) is 0 Å². The molecule has 1 saturated heterocycles. The van der Waals surface area contributed by atoms with Gasteiger partial charge in [0.2, 0.25) is 0 Å². The Bertz CT molecular complexity index is 1020. The van der Waals surface area contributed by atoms with Crippen LogP contribution in [0.15, 0.2) is 48.5 Å². The molecule has 1 N–H and O–H groups in total. The average molecular weight is 432 g/mol. The van der Waals surface area contributed by atoms with Crippen molar-refractivity contribution < 1.29 is 18.1 Å². The summed E-state index contributed by atoms with van der Waals surface area (Å²) in [7, 11) is -3.16. The quantitative estimate of drug-likeness (QED) is 0.503. The van der Waals surface area contributed by atoms with Crippen LogP contribution in [-0.4, -0.2) is 48.2 Å². The number of sulfone groups is 1. The molecule has 3 rings (SSSR count). The highest BCUT2D eigenvalue weighted by Gasteiger charge is 2.35. The van der Waals surface area contributed by atoms with Crippen LogP contribution < -0.4 is 5.32 Å².